The maximum absolute atomic E-state index is 13.2. The van der Waals surface area contributed by atoms with E-state index in [0.29, 0.717) is 0 Å². The van der Waals surface area contributed by atoms with Gasteiger partial charge >= 0.3 is 0 Å². The fourth-order valence-electron chi connectivity index (χ4n) is 0.921. The Hall–Kier alpha value is -1.25. The summed E-state index contributed by atoms with van der Waals surface area (Å²) in [4.78, 5) is 10.2. The van der Waals surface area contributed by atoms with Crippen molar-refractivity contribution in [2.75, 3.05) is 0 Å². The monoisotopic (exact) mass is 170 g/mol. The normalized spacial score (nSPS) is 15.2. The van der Waals surface area contributed by atoms with Gasteiger partial charge in [0.05, 0.1) is 0 Å². The Morgan fingerprint density at radius 2 is 2.00 bits per heavy atom. The third-order valence-corrected chi connectivity index (χ3v) is 1.62. The minimum atomic E-state index is -2.23. The number of hydrogen-bond acceptors (Lipinski definition) is 1. The minimum Gasteiger partial charge on any atom is -0.299 e. The number of aldehydes is 1. The minimum absolute atomic E-state index is 0.0887. The van der Waals surface area contributed by atoms with Crippen LogP contribution in [0.3, 0.4) is 0 Å². The smallest absolute Gasteiger partial charge is 0.190 e. The number of benzene rings is 1. The van der Waals surface area contributed by atoms with E-state index in [-0.39, 0.29) is 11.8 Å². The largest absolute Gasteiger partial charge is 0.299 e. The Balaban J connectivity index is 3.19. The van der Waals surface area contributed by atoms with Crippen molar-refractivity contribution in [3.63, 3.8) is 0 Å². The van der Waals surface area contributed by atoms with Crippen LogP contribution in [0.1, 0.15) is 12.5 Å². The van der Waals surface area contributed by atoms with Crippen molar-refractivity contribution in [1.29, 1.82) is 0 Å². The van der Waals surface area contributed by atoms with E-state index in [9.17, 15) is 13.6 Å². The molecule has 64 valence electrons. The number of carbonyl (C=O) groups is 1. The lowest BCUT2D eigenvalue weighted by atomic mass is 9.99. The molecule has 0 fully saturated rings. The molecule has 1 nitrogen and oxygen atoms in total. The molecule has 1 atom stereocenters. The molecule has 12 heavy (non-hydrogen) atoms. The summed E-state index contributed by atoms with van der Waals surface area (Å²) in [6.07, 6.45) is 0.0887. The van der Waals surface area contributed by atoms with Crippen LogP contribution in [-0.2, 0) is 10.5 Å². The molecular formula is C9H8F2O. The first-order valence-electron chi connectivity index (χ1n) is 3.48. The zero-order chi connectivity index (χ0) is 9.19. The second kappa shape index (κ2) is 3.01. The molecule has 1 aromatic rings. The molecule has 1 aromatic carbocycles. The summed E-state index contributed by atoms with van der Waals surface area (Å²) in [6, 6.07) is 5.31. The van der Waals surface area contributed by atoms with Crippen molar-refractivity contribution in [3.05, 3.63) is 35.6 Å². The summed E-state index contributed by atoms with van der Waals surface area (Å²) in [5.74, 6) is -0.699. The van der Waals surface area contributed by atoms with Crippen molar-refractivity contribution in [2.45, 2.75) is 12.6 Å². The van der Waals surface area contributed by atoms with Crippen LogP contribution in [0, 0.1) is 5.82 Å². The van der Waals surface area contributed by atoms with E-state index in [1.54, 1.807) is 0 Å². The van der Waals surface area contributed by atoms with Crippen LogP contribution in [0.15, 0.2) is 24.3 Å². The van der Waals surface area contributed by atoms with E-state index < -0.39 is 11.5 Å². The highest BCUT2D eigenvalue weighted by Crippen LogP contribution is 2.24. The van der Waals surface area contributed by atoms with Gasteiger partial charge < -0.3 is 0 Å². The molecule has 0 spiro atoms. The average Bonchev–Trinajstić information content (AvgIpc) is 2.05. The van der Waals surface area contributed by atoms with Crippen LogP contribution in [0.2, 0.25) is 0 Å². The number of halogens is 2. The van der Waals surface area contributed by atoms with Gasteiger partial charge in [0.15, 0.2) is 12.0 Å². The molecule has 0 amide bonds. The Bertz CT molecular complexity index is 294. The first-order chi connectivity index (χ1) is 5.58. The maximum atomic E-state index is 13.2. The van der Waals surface area contributed by atoms with Gasteiger partial charge in [0.25, 0.3) is 0 Å². The molecule has 0 bridgehead atoms. The van der Waals surface area contributed by atoms with Crippen LogP contribution in [0.4, 0.5) is 8.78 Å². The van der Waals surface area contributed by atoms with E-state index in [2.05, 4.69) is 0 Å². The molecule has 0 N–H and O–H groups in total. The van der Waals surface area contributed by atoms with Crippen molar-refractivity contribution in [1.82, 2.24) is 0 Å². The van der Waals surface area contributed by atoms with Crippen LogP contribution in [0.25, 0.3) is 0 Å². The van der Waals surface area contributed by atoms with Gasteiger partial charge in [-0.3, -0.25) is 4.79 Å². The Morgan fingerprint density at radius 3 is 2.50 bits per heavy atom. The summed E-state index contributed by atoms with van der Waals surface area (Å²) in [6.45, 7) is 1.03. The van der Waals surface area contributed by atoms with Crippen LogP contribution >= 0.6 is 0 Å². The Kier molecular flexibility index (Phi) is 2.22. The van der Waals surface area contributed by atoms with E-state index in [4.69, 9.17) is 0 Å². The van der Waals surface area contributed by atoms with Crippen LogP contribution in [-0.4, -0.2) is 6.29 Å². The van der Waals surface area contributed by atoms with Gasteiger partial charge in [-0.15, -0.1) is 0 Å². The first-order valence-corrected chi connectivity index (χ1v) is 3.48. The Morgan fingerprint density at radius 1 is 1.42 bits per heavy atom. The highest BCUT2D eigenvalue weighted by Gasteiger charge is 2.27. The second-order valence-corrected chi connectivity index (χ2v) is 2.67. The zero-order valence-corrected chi connectivity index (χ0v) is 6.55. The topological polar surface area (TPSA) is 17.1 Å². The van der Waals surface area contributed by atoms with Crippen LogP contribution < -0.4 is 0 Å². The molecular weight excluding hydrogens is 162 g/mol. The predicted octanol–water partition coefficient (Wildman–Crippen LogP) is 2.21. The molecule has 0 heterocycles. The van der Waals surface area contributed by atoms with Crippen molar-refractivity contribution in [3.8, 4) is 0 Å². The van der Waals surface area contributed by atoms with Gasteiger partial charge in [-0.1, -0.05) is 18.2 Å². The van der Waals surface area contributed by atoms with Gasteiger partial charge in [0.2, 0.25) is 0 Å². The van der Waals surface area contributed by atoms with E-state index in [0.717, 1.165) is 13.0 Å². The molecule has 0 saturated heterocycles. The van der Waals surface area contributed by atoms with E-state index in [1.807, 2.05) is 0 Å². The predicted molar refractivity (Wildman–Crippen MR) is 40.9 cm³/mol. The van der Waals surface area contributed by atoms with E-state index >= 15 is 0 Å². The van der Waals surface area contributed by atoms with Gasteiger partial charge in [-0.25, -0.2) is 8.78 Å². The van der Waals surface area contributed by atoms with Gasteiger partial charge in [0.1, 0.15) is 5.82 Å². The SMILES string of the molecule is CC(F)(C=O)c1ccccc1F. The zero-order valence-electron chi connectivity index (χ0n) is 6.55. The molecule has 0 aliphatic heterocycles. The molecule has 0 radical (unpaired) electrons. The summed E-state index contributed by atoms with van der Waals surface area (Å²) < 4.78 is 26.1. The third kappa shape index (κ3) is 1.49. The first kappa shape index (κ1) is 8.84. The molecule has 0 aliphatic rings. The maximum Gasteiger partial charge on any atom is 0.190 e. The molecule has 0 saturated carbocycles. The number of carbonyl (C=O) groups excluding carboxylic acids is 1. The number of rotatable bonds is 2. The summed E-state index contributed by atoms with van der Waals surface area (Å²) in [5, 5.41) is 0. The fourth-order valence-corrected chi connectivity index (χ4v) is 0.921. The van der Waals surface area contributed by atoms with E-state index in [1.165, 1.54) is 18.2 Å². The second-order valence-electron chi connectivity index (χ2n) is 2.67. The molecule has 1 unspecified atom stereocenters. The average molecular weight is 170 g/mol. The van der Waals surface area contributed by atoms with Crippen molar-refractivity contribution in [2.24, 2.45) is 0 Å². The number of alkyl halides is 1. The van der Waals surface area contributed by atoms with Gasteiger partial charge in [0, 0.05) is 5.56 Å². The van der Waals surface area contributed by atoms with Crippen LogP contribution in [0.5, 0.6) is 0 Å². The molecule has 1 rings (SSSR count). The van der Waals surface area contributed by atoms with Gasteiger partial charge in [-0.05, 0) is 13.0 Å². The standard InChI is InChI=1S/C9H8F2O/c1-9(11,6-12)7-4-2-3-5-8(7)10/h2-6H,1H3. The lowest BCUT2D eigenvalue weighted by Gasteiger charge is -2.13. The van der Waals surface area contributed by atoms with Crippen molar-refractivity contribution >= 4 is 6.29 Å². The fraction of sp³-hybridized carbons (Fsp3) is 0.222. The summed E-state index contributed by atoms with van der Waals surface area (Å²) >= 11 is 0. The molecule has 3 heteroatoms. The summed E-state index contributed by atoms with van der Waals surface area (Å²) in [5.41, 5.74) is -2.45. The molecule has 0 aromatic heterocycles. The van der Waals surface area contributed by atoms with Gasteiger partial charge in [-0.2, -0.15) is 0 Å². The quantitative estimate of drug-likeness (QED) is 0.622. The highest BCUT2D eigenvalue weighted by molar-refractivity contribution is 5.65. The number of hydrogen-bond donors (Lipinski definition) is 0. The van der Waals surface area contributed by atoms with Crippen molar-refractivity contribution < 1.29 is 13.6 Å². The highest BCUT2D eigenvalue weighted by atomic mass is 19.1. The lowest BCUT2D eigenvalue weighted by Crippen LogP contribution is -2.18. The Labute approximate surface area is 69.0 Å². The summed E-state index contributed by atoms with van der Waals surface area (Å²) in [7, 11) is 0. The lowest BCUT2D eigenvalue weighted by molar-refractivity contribution is -0.117. The third-order valence-electron chi connectivity index (χ3n) is 1.62. The molecule has 0 aliphatic carbocycles.